The number of amidine groups is 1. The first-order valence-electron chi connectivity index (χ1n) is 5.42. The second-order valence-electron chi connectivity index (χ2n) is 4.39. The normalized spacial score (nSPS) is 26.9. The van der Waals surface area contributed by atoms with Crippen molar-refractivity contribution < 1.29 is 0 Å². The van der Waals surface area contributed by atoms with E-state index in [1.165, 1.54) is 0 Å². The summed E-state index contributed by atoms with van der Waals surface area (Å²) in [6, 6.07) is 2.71. The van der Waals surface area contributed by atoms with E-state index in [-0.39, 0.29) is 6.04 Å². The topological polar surface area (TPSA) is 39.4 Å². The molecular formula is C13H15N3. The minimum Gasteiger partial charge on any atom is -0.327 e. The van der Waals surface area contributed by atoms with Gasteiger partial charge in [-0.15, -0.1) is 6.58 Å². The molecule has 2 rings (SSSR count). The molecule has 3 heteroatoms. The quantitative estimate of drug-likeness (QED) is 0.661. The van der Waals surface area contributed by atoms with Crippen LogP contribution >= 0.6 is 0 Å². The lowest BCUT2D eigenvalue weighted by Crippen LogP contribution is -2.34. The van der Waals surface area contributed by atoms with Gasteiger partial charge in [0.15, 0.2) is 0 Å². The summed E-state index contributed by atoms with van der Waals surface area (Å²) < 4.78 is 0. The Hall–Kier alpha value is -1.82. The predicted molar refractivity (Wildman–Crippen MR) is 64.8 cm³/mol. The summed E-state index contributed by atoms with van der Waals surface area (Å²) in [5, 5.41) is 8.86. The maximum atomic E-state index is 8.86. The molecule has 0 fully saturated rings. The summed E-state index contributed by atoms with van der Waals surface area (Å²) in [6.07, 6.45) is 6.51. The van der Waals surface area contributed by atoms with Gasteiger partial charge in [0.2, 0.25) is 0 Å². The molecule has 0 radical (unpaired) electrons. The number of aliphatic imine (C=N–C) groups is 1. The van der Waals surface area contributed by atoms with Crippen LogP contribution in [0.1, 0.15) is 20.3 Å². The van der Waals surface area contributed by atoms with E-state index in [4.69, 9.17) is 5.26 Å². The van der Waals surface area contributed by atoms with Crippen LogP contribution in [0.15, 0.2) is 41.1 Å². The second-order valence-corrected chi connectivity index (χ2v) is 4.39. The zero-order valence-electron chi connectivity index (χ0n) is 9.64. The summed E-state index contributed by atoms with van der Waals surface area (Å²) in [7, 11) is 0. The van der Waals surface area contributed by atoms with Crippen molar-refractivity contribution in [3.8, 4) is 6.07 Å². The van der Waals surface area contributed by atoms with Crippen molar-refractivity contribution in [3.05, 3.63) is 36.1 Å². The standard InChI is InChI=1S/C13H15N3/c1-9(2)6-12-10(3)16-8-11(7-14)4-5-13(16)15-12/h4-5,8,10,12H,1,6H2,2-3H3. The maximum absolute atomic E-state index is 8.86. The van der Waals surface area contributed by atoms with Crippen molar-refractivity contribution in [2.75, 3.05) is 0 Å². The number of nitriles is 1. The van der Waals surface area contributed by atoms with Gasteiger partial charge in [-0.05, 0) is 32.4 Å². The number of fused-ring (bicyclic) bond motifs is 1. The molecule has 3 nitrogen and oxygen atoms in total. The number of rotatable bonds is 2. The Morgan fingerprint density at radius 3 is 3.00 bits per heavy atom. The molecule has 2 unspecified atom stereocenters. The SMILES string of the molecule is C=C(C)CC1N=C2C=CC(C#N)=CN2C1C. The fraction of sp³-hybridized carbons (Fsp3) is 0.385. The highest BCUT2D eigenvalue weighted by Crippen LogP contribution is 2.26. The smallest absolute Gasteiger partial charge is 0.128 e. The predicted octanol–water partition coefficient (Wildman–Crippen LogP) is 2.40. The van der Waals surface area contributed by atoms with Crippen molar-refractivity contribution in [3.63, 3.8) is 0 Å². The van der Waals surface area contributed by atoms with Gasteiger partial charge in [-0.3, -0.25) is 4.99 Å². The summed E-state index contributed by atoms with van der Waals surface area (Å²) in [4.78, 5) is 6.72. The van der Waals surface area contributed by atoms with E-state index in [1.54, 1.807) is 0 Å². The van der Waals surface area contributed by atoms with E-state index in [2.05, 4.69) is 29.5 Å². The minimum atomic E-state index is 0.256. The van der Waals surface area contributed by atoms with Crippen molar-refractivity contribution in [1.82, 2.24) is 4.90 Å². The number of allylic oxidation sites excluding steroid dienone is 2. The van der Waals surface area contributed by atoms with Crippen LogP contribution in [0.25, 0.3) is 0 Å². The van der Waals surface area contributed by atoms with Gasteiger partial charge in [-0.25, -0.2) is 0 Å². The van der Waals surface area contributed by atoms with Gasteiger partial charge >= 0.3 is 0 Å². The average molecular weight is 213 g/mol. The molecule has 0 bridgehead atoms. The first-order valence-corrected chi connectivity index (χ1v) is 5.42. The van der Waals surface area contributed by atoms with Gasteiger partial charge in [0, 0.05) is 6.20 Å². The molecule has 0 aliphatic carbocycles. The molecule has 0 saturated carbocycles. The first-order chi connectivity index (χ1) is 7.61. The van der Waals surface area contributed by atoms with Gasteiger partial charge < -0.3 is 4.90 Å². The third-order valence-electron chi connectivity index (χ3n) is 2.94. The van der Waals surface area contributed by atoms with Crippen LogP contribution in [-0.4, -0.2) is 22.8 Å². The second kappa shape index (κ2) is 3.97. The molecule has 2 aliphatic rings. The Labute approximate surface area is 96.1 Å². The van der Waals surface area contributed by atoms with Crippen molar-refractivity contribution in [2.24, 2.45) is 4.99 Å². The zero-order valence-corrected chi connectivity index (χ0v) is 9.64. The summed E-state index contributed by atoms with van der Waals surface area (Å²) >= 11 is 0. The molecule has 0 amide bonds. The molecule has 2 heterocycles. The first kappa shape index (κ1) is 10.7. The van der Waals surface area contributed by atoms with Gasteiger partial charge in [-0.1, -0.05) is 5.57 Å². The Morgan fingerprint density at radius 1 is 1.62 bits per heavy atom. The van der Waals surface area contributed by atoms with Gasteiger partial charge in [-0.2, -0.15) is 5.26 Å². The molecule has 2 aliphatic heterocycles. The lowest BCUT2D eigenvalue weighted by Gasteiger charge is -2.25. The highest BCUT2D eigenvalue weighted by Gasteiger charge is 2.31. The summed E-state index contributed by atoms with van der Waals surface area (Å²) in [6.45, 7) is 8.09. The third kappa shape index (κ3) is 1.79. The van der Waals surface area contributed by atoms with Gasteiger partial charge in [0.05, 0.1) is 17.7 Å². The van der Waals surface area contributed by atoms with E-state index < -0.39 is 0 Å². The van der Waals surface area contributed by atoms with Gasteiger partial charge in [0.1, 0.15) is 11.9 Å². The van der Waals surface area contributed by atoms with Crippen LogP contribution in [0.2, 0.25) is 0 Å². The molecule has 16 heavy (non-hydrogen) atoms. The Bertz CT molecular complexity index is 448. The fourth-order valence-corrected chi connectivity index (χ4v) is 2.05. The molecule has 2 atom stereocenters. The van der Waals surface area contributed by atoms with E-state index in [0.29, 0.717) is 11.6 Å². The molecule has 0 N–H and O–H groups in total. The van der Waals surface area contributed by atoms with E-state index in [9.17, 15) is 0 Å². The maximum Gasteiger partial charge on any atom is 0.128 e. The fourth-order valence-electron chi connectivity index (χ4n) is 2.05. The van der Waals surface area contributed by atoms with Crippen LogP contribution in [0.3, 0.4) is 0 Å². The Balaban J connectivity index is 2.22. The highest BCUT2D eigenvalue weighted by atomic mass is 15.3. The lowest BCUT2D eigenvalue weighted by molar-refractivity contribution is 0.403. The largest absolute Gasteiger partial charge is 0.327 e. The third-order valence-corrected chi connectivity index (χ3v) is 2.94. The van der Waals surface area contributed by atoms with Crippen molar-refractivity contribution >= 4 is 5.84 Å². The van der Waals surface area contributed by atoms with Crippen LogP contribution in [0.4, 0.5) is 0 Å². The summed E-state index contributed by atoms with van der Waals surface area (Å²) in [5.74, 6) is 0.956. The molecule has 0 aromatic heterocycles. The van der Waals surface area contributed by atoms with E-state index in [1.807, 2.05) is 25.3 Å². The van der Waals surface area contributed by atoms with Crippen LogP contribution in [-0.2, 0) is 0 Å². The molecule has 0 saturated heterocycles. The highest BCUT2D eigenvalue weighted by molar-refractivity contribution is 5.97. The van der Waals surface area contributed by atoms with Crippen molar-refractivity contribution in [2.45, 2.75) is 32.4 Å². The van der Waals surface area contributed by atoms with E-state index in [0.717, 1.165) is 17.8 Å². The Kier molecular flexibility index (Phi) is 2.66. The number of nitrogens with zero attached hydrogens (tertiary/aromatic N) is 3. The van der Waals surface area contributed by atoms with Crippen LogP contribution in [0, 0.1) is 11.3 Å². The molecule has 0 aromatic rings. The number of hydrogen-bond donors (Lipinski definition) is 0. The molecule has 0 aromatic carbocycles. The average Bonchev–Trinajstić information content (AvgIpc) is 2.55. The van der Waals surface area contributed by atoms with Crippen molar-refractivity contribution in [1.29, 1.82) is 5.26 Å². The molecule has 0 spiro atoms. The Morgan fingerprint density at radius 2 is 2.38 bits per heavy atom. The minimum absolute atomic E-state index is 0.256. The lowest BCUT2D eigenvalue weighted by atomic mass is 10.0. The van der Waals surface area contributed by atoms with Gasteiger partial charge in [0.25, 0.3) is 0 Å². The summed E-state index contributed by atoms with van der Waals surface area (Å²) in [5.41, 5.74) is 1.83. The number of hydrogen-bond acceptors (Lipinski definition) is 3. The molecular weight excluding hydrogens is 198 g/mol. The van der Waals surface area contributed by atoms with Crippen LogP contribution < -0.4 is 0 Å². The van der Waals surface area contributed by atoms with Crippen LogP contribution in [0.5, 0.6) is 0 Å². The monoisotopic (exact) mass is 213 g/mol. The van der Waals surface area contributed by atoms with E-state index >= 15 is 0 Å². The zero-order chi connectivity index (χ0) is 11.7. The molecule has 82 valence electrons.